The van der Waals surface area contributed by atoms with E-state index in [-0.39, 0.29) is 16.7 Å². The Morgan fingerprint density at radius 3 is 2.62 bits per heavy atom. The summed E-state index contributed by atoms with van der Waals surface area (Å²) >= 11 is 0. The van der Waals surface area contributed by atoms with Crippen molar-refractivity contribution in [3.05, 3.63) is 54.4 Å². The second kappa shape index (κ2) is 6.40. The van der Waals surface area contributed by atoms with Gasteiger partial charge in [-0.1, -0.05) is 12.1 Å². The summed E-state index contributed by atoms with van der Waals surface area (Å²) in [5, 5.41) is 7.99. The number of nitrogens with zero attached hydrogens (tertiary/aromatic N) is 5. The molecule has 0 saturated heterocycles. The van der Waals surface area contributed by atoms with Crippen LogP contribution >= 0.6 is 0 Å². The van der Waals surface area contributed by atoms with Crippen LogP contribution in [0.15, 0.2) is 47.9 Å². The highest BCUT2D eigenvalue weighted by Crippen LogP contribution is 2.12. The number of hydrogen-bond acceptors (Lipinski definition) is 5. The van der Waals surface area contributed by atoms with E-state index in [1.165, 1.54) is 40.2 Å². The zero-order valence-electron chi connectivity index (χ0n) is 12.8. The average Bonchev–Trinajstić information content (AvgIpc) is 3.19. The molecule has 0 aliphatic heterocycles. The highest BCUT2D eigenvalue weighted by Gasteiger charge is 2.18. The maximum absolute atomic E-state index is 12.9. The summed E-state index contributed by atoms with van der Waals surface area (Å²) in [6.07, 6.45) is 4.09. The fourth-order valence-electron chi connectivity index (χ4n) is 2.03. The van der Waals surface area contributed by atoms with Gasteiger partial charge in [0.25, 0.3) is 16.0 Å². The van der Waals surface area contributed by atoms with Crippen molar-refractivity contribution in [1.29, 1.82) is 0 Å². The molecule has 0 aliphatic carbocycles. The minimum absolute atomic E-state index is 0.0404. The zero-order valence-corrected chi connectivity index (χ0v) is 13.6. The zero-order chi connectivity index (χ0) is 17.2. The second-order valence-corrected chi connectivity index (χ2v) is 6.71. The van der Waals surface area contributed by atoms with Crippen LogP contribution in [0.4, 0.5) is 10.3 Å². The third-order valence-electron chi connectivity index (χ3n) is 3.26. The molecule has 0 amide bonds. The van der Waals surface area contributed by atoms with Crippen LogP contribution in [0.5, 0.6) is 0 Å². The Labute approximate surface area is 138 Å². The maximum atomic E-state index is 12.9. The molecule has 126 valence electrons. The van der Waals surface area contributed by atoms with Crippen LogP contribution in [0.3, 0.4) is 0 Å². The summed E-state index contributed by atoms with van der Waals surface area (Å²) in [6, 6.07) is 5.95. The Balaban J connectivity index is 1.72. The van der Waals surface area contributed by atoms with Crippen molar-refractivity contribution < 1.29 is 12.8 Å². The first-order chi connectivity index (χ1) is 11.5. The summed E-state index contributed by atoms with van der Waals surface area (Å²) in [6.45, 7) is 2.78. The van der Waals surface area contributed by atoms with Gasteiger partial charge in [-0.2, -0.15) is 10.1 Å². The van der Waals surface area contributed by atoms with Crippen molar-refractivity contribution in [3.8, 4) is 0 Å². The van der Waals surface area contributed by atoms with Gasteiger partial charge in [-0.05, 0) is 24.6 Å². The van der Waals surface area contributed by atoms with Crippen molar-refractivity contribution in [2.24, 2.45) is 0 Å². The van der Waals surface area contributed by atoms with Crippen LogP contribution in [0, 0.1) is 5.82 Å². The van der Waals surface area contributed by atoms with Gasteiger partial charge in [0.1, 0.15) is 17.0 Å². The highest BCUT2D eigenvalue weighted by atomic mass is 32.2. The topological polar surface area (TPSA) is 94.7 Å². The molecule has 1 N–H and O–H groups in total. The van der Waals surface area contributed by atoms with E-state index in [1.807, 2.05) is 6.92 Å². The Kier molecular flexibility index (Phi) is 4.30. The fourth-order valence-corrected chi connectivity index (χ4v) is 2.93. The molecule has 2 aromatic heterocycles. The molecular formula is C14H15FN6O2S. The number of aryl methyl sites for hydroxylation is 1. The standard InChI is InChI=1S/C14H15FN6O2S/c1-2-20-9-13(7-17-20)24(22,23)19-14-16-10-21(18-14)8-11-3-5-12(15)6-4-11/h3-7,9-10H,2,8H2,1H3,(H,18,19). The number of hydrogen-bond donors (Lipinski definition) is 1. The Bertz CT molecular complexity index is 932. The van der Waals surface area contributed by atoms with E-state index in [4.69, 9.17) is 0 Å². The van der Waals surface area contributed by atoms with Crippen LogP contribution in [0.2, 0.25) is 0 Å². The van der Waals surface area contributed by atoms with Gasteiger partial charge in [-0.15, -0.1) is 5.10 Å². The third kappa shape index (κ3) is 3.59. The van der Waals surface area contributed by atoms with Crippen LogP contribution < -0.4 is 4.72 Å². The molecule has 3 rings (SSSR count). The predicted molar refractivity (Wildman–Crippen MR) is 84.2 cm³/mol. The van der Waals surface area contributed by atoms with Gasteiger partial charge in [0, 0.05) is 12.7 Å². The lowest BCUT2D eigenvalue weighted by molar-refractivity contribution is 0.599. The van der Waals surface area contributed by atoms with Gasteiger partial charge < -0.3 is 0 Å². The van der Waals surface area contributed by atoms with Gasteiger partial charge in [-0.3, -0.25) is 4.68 Å². The van der Waals surface area contributed by atoms with Crippen LogP contribution in [0.25, 0.3) is 0 Å². The van der Waals surface area contributed by atoms with Gasteiger partial charge in [-0.25, -0.2) is 22.2 Å². The summed E-state index contributed by atoms with van der Waals surface area (Å²) in [4.78, 5) is 3.97. The first-order valence-electron chi connectivity index (χ1n) is 7.15. The van der Waals surface area contributed by atoms with Gasteiger partial charge >= 0.3 is 0 Å². The fraction of sp³-hybridized carbons (Fsp3) is 0.214. The quantitative estimate of drug-likeness (QED) is 0.727. The van der Waals surface area contributed by atoms with E-state index >= 15 is 0 Å². The Morgan fingerprint density at radius 2 is 1.96 bits per heavy atom. The summed E-state index contributed by atoms with van der Waals surface area (Å²) in [5.74, 6) is -0.361. The smallest absolute Gasteiger partial charge is 0.267 e. The molecule has 24 heavy (non-hydrogen) atoms. The monoisotopic (exact) mass is 350 g/mol. The van der Waals surface area contributed by atoms with Gasteiger partial charge in [0.05, 0.1) is 12.7 Å². The molecule has 0 aliphatic rings. The largest absolute Gasteiger partial charge is 0.272 e. The molecule has 0 bridgehead atoms. The summed E-state index contributed by atoms with van der Waals surface area (Å²) in [5.41, 5.74) is 0.819. The van der Waals surface area contributed by atoms with E-state index < -0.39 is 10.0 Å². The number of benzene rings is 1. The minimum atomic E-state index is -3.79. The van der Waals surface area contributed by atoms with E-state index in [1.54, 1.807) is 12.1 Å². The van der Waals surface area contributed by atoms with Crippen molar-refractivity contribution in [3.63, 3.8) is 0 Å². The third-order valence-corrected chi connectivity index (χ3v) is 4.55. The molecular weight excluding hydrogens is 335 g/mol. The molecule has 0 spiro atoms. The van der Waals surface area contributed by atoms with Crippen LogP contribution in [0.1, 0.15) is 12.5 Å². The lowest BCUT2D eigenvalue weighted by Crippen LogP contribution is -2.14. The predicted octanol–water partition coefficient (Wildman–Crippen LogP) is 1.48. The minimum Gasteiger partial charge on any atom is -0.272 e. The normalized spacial score (nSPS) is 11.6. The van der Waals surface area contributed by atoms with E-state index in [2.05, 4.69) is 19.9 Å². The molecule has 2 heterocycles. The molecule has 10 heteroatoms. The number of rotatable bonds is 6. The Morgan fingerprint density at radius 1 is 1.21 bits per heavy atom. The lowest BCUT2D eigenvalue weighted by atomic mass is 10.2. The SMILES string of the molecule is CCn1cc(S(=O)(=O)Nc2ncn(Cc3ccc(F)cc3)n2)cn1. The lowest BCUT2D eigenvalue weighted by Gasteiger charge is -2.02. The van der Waals surface area contributed by atoms with E-state index in [0.29, 0.717) is 13.1 Å². The Hall–Kier alpha value is -2.75. The van der Waals surface area contributed by atoms with E-state index in [0.717, 1.165) is 5.56 Å². The molecule has 3 aromatic rings. The molecule has 0 unspecified atom stereocenters. The van der Waals surface area contributed by atoms with Crippen molar-refractivity contribution in [2.45, 2.75) is 24.9 Å². The molecule has 0 radical (unpaired) electrons. The summed E-state index contributed by atoms with van der Waals surface area (Å²) in [7, 11) is -3.79. The van der Waals surface area contributed by atoms with Crippen molar-refractivity contribution in [1.82, 2.24) is 24.5 Å². The number of halogens is 1. The molecule has 0 fully saturated rings. The molecule has 8 nitrogen and oxygen atoms in total. The highest BCUT2D eigenvalue weighted by molar-refractivity contribution is 7.92. The van der Waals surface area contributed by atoms with Crippen molar-refractivity contribution in [2.75, 3.05) is 4.72 Å². The van der Waals surface area contributed by atoms with E-state index in [9.17, 15) is 12.8 Å². The number of nitrogens with one attached hydrogen (secondary N) is 1. The molecule has 0 saturated carbocycles. The maximum Gasteiger partial charge on any atom is 0.267 e. The van der Waals surface area contributed by atoms with Crippen LogP contribution in [-0.4, -0.2) is 33.0 Å². The number of aromatic nitrogens is 5. The first kappa shape index (κ1) is 16.1. The average molecular weight is 350 g/mol. The summed E-state index contributed by atoms with van der Waals surface area (Å²) < 4.78 is 42.6. The van der Waals surface area contributed by atoms with Crippen molar-refractivity contribution >= 4 is 16.0 Å². The second-order valence-electron chi connectivity index (χ2n) is 5.03. The molecule has 0 atom stereocenters. The molecule has 1 aromatic carbocycles. The van der Waals surface area contributed by atoms with Crippen LogP contribution in [-0.2, 0) is 23.1 Å². The van der Waals surface area contributed by atoms with Gasteiger partial charge in [0.2, 0.25) is 0 Å². The number of anilines is 1. The van der Waals surface area contributed by atoms with Gasteiger partial charge in [0.15, 0.2) is 0 Å². The first-order valence-corrected chi connectivity index (χ1v) is 8.64. The number of sulfonamides is 1.